The minimum absolute atomic E-state index is 0.175. The van der Waals surface area contributed by atoms with Gasteiger partial charge in [0.05, 0.1) is 5.69 Å². The Morgan fingerprint density at radius 3 is 2.48 bits per heavy atom. The van der Waals surface area contributed by atoms with Gasteiger partial charge in [-0.3, -0.25) is 4.79 Å². The molecule has 3 aromatic rings. The fourth-order valence-electron chi connectivity index (χ4n) is 2.97. The summed E-state index contributed by atoms with van der Waals surface area (Å²) in [7, 11) is 0. The van der Waals surface area contributed by atoms with Crippen molar-refractivity contribution in [2.45, 2.75) is 26.3 Å². The van der Waals surface area contributed by atoms with Crippen LogP contribution in [0.3, 0.4) is 0 Å². The number of aromatic nitrogens is 2. The number of hydrogen-bond acceptors (Lipinski definition) is 3. The summed E-state index contributed by atoms with van der Waals surface area (Å²) in [6.45, 7) is 1.77. The van der Waals surface area contributed by atoms with E-state index in [-0.39, 0.29) is 18.1 Å². The van der Waals surface area contributed by atoms with Crippen LogP contribution in [0.4, 0.5) is 4.39 Å². The Balaban J connectivity index is 1.93. The molecule has 150 valence electrons. The smallest absolute Gasteiger partial charge is 0.341 e. The van der Waals surface area contributed by atoms with Crippen molar-refractivity contribution in [3.05, 3.63) is 85.4 Å². The van der Waals surface area contributed by atoms with Gasteiger partial charge in [-0.2, -0.15) is 5.10 Å². The lowest BCUT2D eigenvalue weighted by atomic mass is 10.1. The van der Waals surface area contributed by atoms with E-state index in [2.05, 4.69) is 5.10 Å². The molecule has 0 aliphatic heterocycles. The van der Waals surface area contributed by atoms with Gasteiger partial charge in [-0.1, -0.05) is 29.3 Å². The highest BCUT2D eigenvalue weighted by atomic mass is 35.5. The van der Waals surface area contributed by atoms with Crippen molar-refractivity contribution in [3.63, 3.8) is 0 Å². The zero-order valence-electron chi connectivity index (χ0n) is 15.5. The van der Waals surface area contributed by atoms with Crippen LogP contribution in [-0.4, -0.2) is 20.9 Å². The Kier molecular flexibility index (Phi) is 6.35. The third-order valence-corrected chi connectivity index (χ3v) is 5.23. The maximum atomic E-state index is 13.6. The van der Waals surface area contributed by atoms with Crippen LogP contribution in [0.1, 0.15) is 27.9 Å². The number of carbonyl (C=O) groups is 1. The van der Waals surface area contributed by atoms with Crippen LogP contribution in [0.5, 0.6) is 0 Å². The van der Waals surface area contributed by atoms with Gasteiger partial charge in [0.2, 0.25) is 0 Å². The first-order valence-electron chi connectivity index (χ1n) is 8.83. The predicted molar refractivity (Wildman–Crippen MR) is 110 cm³/mol. The van der Waals surface area contributed by atoms with Crippen molar-refractivity contribution in [1.82, 2.24) is 9.78 Å². The molecule has 0 fully saturated rings. The molecule has 0 spiro atoms. The summed E-state index contributed by atoms with van der Waals surface area (Å²) < 4.78 is 14.7. The van der Waals surface area contributed by atoms with Crippen LogP contribution in [0, 0.1) is 12.7 Å². The molecule has 0 radical (unpaired) electrons. The molecule has 0 saturated heterocycles. The number of nitrogens with zero attached hydrogens (tertiary/aromatic N) is 2. The topological polar surface area (TPSA) is 72.2 Å². The van der Waals surface area contributed by atoms with Crippen molar-refractivity contribution in [3.8, 4) is 11.3 Å². The van der Waals surface area contributed by atoms with Gasteiger partial charge in [0.25, 0.3) is 5.56 Å². The van der Waals surface area contributed by atoms with Gasteiger partial charge in [-0.05, 0) is 67.3 Å². The van der Waals surface area contributed by atoms with Crippen LogP contribution in [0.25, 0.3) is 11.3 Å². The molecule has 3 rings (SSSR count). The van der Waals surface area contributed by atoms with E-state index in [9.17, 15) is 19.1 Å². The van der Waals surface area contributed by atoms with Crippen LogP contribution in [0.2, 0.25) is 10.0 Å². The quantitative estimate of drug-likeness (QED) is 0.592. The van der Waals surface area contributed by atoms with Crippen LogP contribution in [0.15, 0.2) is 47.3 Å². The molecule has 0 aliphatic carbocycles. The average molecular weight is 435 g/mol. The third kappa shape index (κ3) is 4.66. The van der Waals surface area contributed by atoms with Crippen molar-refractivity contribution in [2.75, 3.05) is 0 Å². The standard InChI is InChI=1S/C21H17Cl2FN2O3/c1-12-10-13(7-8-18(12)24)19-11-15(21(28)29)20(27)26(25-19)9-3-4-14-16(22)5-2-6-17(14)23/h2,5-8,10-11H,3-4,9H2,1H3,(H,28,29). The molecule has 5 nitrogen and oxygen atoms in total. The summed E-state index contributed by atoms with van der Waals surface area (Å²) >= 11 is 12.3. The molecule has 1 aromatic heterocycles. The Bertz CT molecular complexity index is 1130. The molecular weight excluding hydrogens is 418 g/mol. The molecule has 0 saturated carbocycles. The number of benzene rings is 2. The van der Waals surface area contributed by atoms with Crippen LogP contribution < -0.4 is 5.56 Å². The monoisotopic (exact) mass is 434 g/mol. The number of carboxylic acid groups (broad SMARTS) is 1. The van der Waals surface area contributed by atoms with E-state index in [1.807, 2.05) is 0 Å². The molecule has 0 aliphatic rings. The molecule has 0 amide bonds. The van der Waals surface area contributed by atoms with Crippen molar-refractivity contribution in [1.29, 1.82) is 0 Å². The highest BCUT2D eigenvalue weighted by Gasteiger charge is 2.16. The van der Waals surface area contributed by atoms with Gasteiger partial charge in [-0.25, -0.2) is 13.9 Å². The fraction of sp³-hybridized carbons (Fsp3) is 0.190. The fourth-order valence-corrected chi connectivity index (χ4v) is 3.55. The summed E-state index contributed by atoms with van der Waals surface area (Å²) in [6, 6.07) is 10.7. The maximum absolute atomic E-state index is 13.6. The number of hydrogen-bond donors (Lipinski definition) is 1. The average Bonchev–Trinajstić information content (AvgIpc) is 2.67. The maximum Gasteiger partial charge on any atom is 0.341 e. The molecule has 2 aromatic carbocycles. The lowest BCUT2D eigenvalue weighted by Crippen LogP contribution is -2.29. The number of carboxylic acids is 1. The summed E-state index contributed by atoms with van der Waals surface area (Å²) in [4.78, 5) is 24.0. The SMILES string of the molecule is Cc1cc(-c2cc(C(=O)O)c(=O)n(CCCc3c(Cl)cccc3Cl)n2)ccc1F. The zero-order chi connectivity index (χ0) is 21.1. The number of aryl methyl sites for hydroxylation is 2. The first-order chi connectivity index (χ1) is 13.8. The third-order valence-electron chi connectivity index (χ3n) is 4.52. The van der Waals surface area contributed by atoms with Gasteiger partial charge >= 0.3 is 5.97 Å². The number of halogens is 3. The Labute approximate surface area is 176 Å². The Morgan fingerprint density at radius 2 is 1.86 bits per heavy atom. The Hall–Kier alpha value is -2.70. The molecule has 1 heterocycles. The Morgan fingerprint density at radius 1 is 1.17 bits per heavy atom. The molecule has 1 N–H and O–H groups in total. The second kappa shape index (κ2) is 8.76. The van der Waals surface area contributed by atoms with Gasteiger partial charge in [0.15, 0.2) is 0 Å². The van der Waals surface area contributed by atoms with Crippen molar-refractivity contribution < 1.29 is 14.3 Å². The van der Waals surface area contributed by atoms with Gasteiger partial charge in [0, 0.05) is 22.2 Å². The molecule has 29 heavy (non-hydrogen) atoms. The van der Waals surface area contributed by atoms with Gasteiger partial charge in [-0.15, -0.1) is 0 Å². The molecule has 0 unspecified atom stereocenters. The van der Waals surface area contributed by atoms with Crippen LogP contribution in [-0.2, 0) is 13.0 Å². The van der Waals surface area contributed by atoms with E-state index >= 15 is 0 Å². The molecule has 0 atom stereocenters. The number of rotatable bonds is 6. The van der Waals surface area contributed by atoms with E-state index < -0.39 is 17.1 Å². The molecular formula is C21H17Cl2FN2O3. The summed E-state index contributed by atoms with van der Waals surface area (Å²) in [5.74, 6) is -1.72. The van der Waals surface area contributed by atoms with Crippen molar-refractivity contribution >= 4 is 29.2 Å². The van der Waals surface area contributed by atoms with Gasteiger partial charge < -0.3 is 5.11 Å². The first-order valence-corrected chi connectivity index (χ1v) is 9.58. The highest BCUT2D eigenvalue weighted by Crippen LogP contribution is 2.25. The van der Waals surface area contributed by atoms with E-state index in [0.29, 0.717) is 34.0 Å². The van der Waals surface area contributed by atoms with E-state index in [4.69, 9.17) is 23.2 Å². The second-order valence-electron chi connectivity index (χ2n) is 6.54. The van der Waals surface area contributed by atoms with Gasteiger partial charge in [0.1, 0.15) is 11.4 Å². The largest absolute Gasteiger partial charge is 0.477 e. The van der Waals surface area contributed by atoms with Crippen LogP contribution >= 0.6 is 23.2 Å². The van der Waals surface area contributed by atoms with Crippen molar-refractivity contribution in [2.24, 2.45) is 0 Å². The lowest BCUT2D eigenvalue weighted by molar-refractivity contribution is 0.0693. The highest BCUT2D eigenvalue weighted by molar-refractivity contribution is 6.35. The van der Waals surface area contributed by atoms with E-state index in [1.54, 1.807) is 31.2 Å². The second-order valence-corrected chi connectivity index (χ2v) is 7.36. The predicted octanol–water partition coefficient (Wildman–Crippen LogP) is 5.00. The zero-order valence-corrected chi connectivity index (χ0v) is 17.0. The lowest BCUT2D eigenvalue weighted by Gasteiger charge is -2.11. The van der Waals surface area contributed by atoms with E-state index in [1.165, 1.54) is 18.2 Å². The minimum Gasteiger partial charge on any atom is -0.477 e. The molecule has 8 heteroatoms. The normalized spacial score (nSPS) is 10.9. The number of aromatic carboxylic acids is 1. The van der Waals surface area contributed by atoms with E-state index in [0.717, 1.165) is 10.2 Å². The summed E-state index contributed by atoms with van der Waals surface area (Å²) in [5, 5.41) is 14.7. The minimum atomic E-state index is -1.35. The summed E-state index contributed by atoms with van der Waals surface area (Å²) in [6.07, 6.45) is 0.968. The summed E-state index contributed by atoms with van der Waals surface area (Å²) in [5.41, 5.74) is 0.855. The molecule has 0 bridgehead atoms. The first kappa shape index (κ1) is 21.0.